The van der Waals surface area contributed by atoms with Gasteiger partial charge in [-0.1, -0.05) is 47.5 Å². The van der Waals surface area contributed by atoms with Crippen LogP contribution in [0.3, 0.4) is 0 Å². The summed E-state index contributed by atoms with van der Waals surface area (Å²) in [5.41, 5.74) is 6.24. The Morgan fingerprint density at radius 1 is 1.12 bits per heavy atom. The molecule has 1 saturated heterocycles. The summed E-state index contributed by atoms with van der Waals surface area (Å²) >= 11 is 12.0. The molecule has 3 aromatic rings. The number of benzene rings is 2. The predicted octanol–water partition coefficient (Wildman–Crippen LogP) is 3.44. The summed E-state index contributed by atoms with van der Waals surface area (Å²) in [5, 5.41) is 3.25. The summed E-state index contributed by atoms with van der Waals surface area (Å²) in [5.74, 6) is -2.49. The lowest BCUT2D eigenvalue weighted by Crippen LogP contribution is -2.46. The Kier molecular flexibility index (Phi) is 6.77. The summed E-state index contributed by atoms with van der Waals surface area (Å²) in [6.07, 6.45) is -0.166. The van der Waals surface area contributed by atoms with Crippen LogP contribution in [0.2, 0.25) is 10.0 Å². The summed E-state index contributed by atoms with van der Waals surface area (Å²) in [6.45, 7) is -0.717. The first-order valence-electron chi connectivity index (χ1n) is 10.4. The van der Waals surface area contributed by atoms with Gasteiger partial charge in [0.15, 0.2) is 0 Å². The van der Waals surface area contributed by atoms with E-state index in [1.165, 1.54) is 22.9 Å². The van der Waals surface area contributed by atoms with E-state index in [1.54, 1.807) is 24.3 Å². The van der Waals surface area contributed by atoms with Crippen LogP contribution in [0, 0.1) is 5.82 Å². The van der Waals surface area contributed by atoms with Gasteiger partial charge in [-0.25, -0.2) is 8.78 Å². The van der Waals surface area contributed by atoms with Gasteiger partial charge in [0, 0.05) is 30.1 Å². The van der Waals surface area contributed by atoms with Crippen molar-refractivity contribution in [3.63, 3.8) is 0 Å². The third-order valence-electron chi connectivity index (χ3n) is 5.78. The third-order valence-corrected chi connectivity index (χ3v) is 6.37. The molecule has 3 amide bonds. The van der Waals surface area contributed by atoms with Crippen LogP contribution in [0.25, 0.3) is 10.9 Å². The molecule has 2 aromatic carbocycles. The van der Waals surface area contributed by atoms with Crippen LogP contribution in [0.5, 0.6) is 0 Å². The number of amides is 3. The standard InChI is InChI=1S/C23H20Cl2F2N4O3/c24-16-5-1-3-12(20(16)27)8-29-23(34)18-7-13(26)9-31(18)19(32)11-30-10-15(22(28)33)14-4-2-6-17(25)21(14)30/h1-6,10,13,18H,7-9,11H2,(H2,28,33)(H,29,34)/t13-,18+/m1/s1. The molecule has 7 nitrogen and oxygen atoms in total. The highest BCUT2D eigenvalue weighted by Gasteiger charge is 2.39. The first-order valence-corrected chi connectivity index (χ1v) is 11.1. The highest BCUT2D eigenvalue weighted by molar-refractivity contribution is 6.35. The molecule has 0 unspecified atom stereocenters. The molecule has 0 radical (unpaired) electrons. The number of hydrogen-bond acceptors (Lipinski definition) is 3. The molecule has 1 aliphatic rings. The fourth-order valence-corrected chi connectivity index (χ4v) is 4.64. The Morgan fingerprint density at radius 3 is 2.56 bits per heavy atom. The second-order valence-electron chi connectivity index (χ2n) is 8.00. The number of nitrogens with two attached hydrogens (primary N) is 1. The Balaban J connectivity index is 1.53. The van der Waals surface area contributed by atoms with Crippen LogP contribution in [-0.4, -0.2) is 45.9 Å². The molecule has 0 aliphatic carbocycles. The molecule has 11 heteroatoms. The average molecular weight is 509 g/mol. The van der Waals surface area contributed by atoms with Crippen molar-refractivity contribution in [1.82, 2.24) is 14.8 Å². The number of fused-ring (bicyclic) bond motifs is 1. The fraction of sp³-hybridized carbons (Fsp3) is 0.261. The van der Waals surface area contributed by atoms with Gasteiger partial charge in [-0.15, -0.1) is 0 Å². The second kappa shape index (κ2) is 9.60. The van der Waals surface area contributed by atoms with Crippen molar-refractivity contribution >= 4 is 51.8 Å². The maximum Gasteiger partial charge on any atom is 0.250 e. The van der Waals surface area contributed by atoms with E-state index in [-0.39, 0.29) is 42.2 Å². The number of nitrogens with one attached hydrogen (secondary N) is 1. The maximum atomic E-state index is 14.3. The zero-order chi connectivity index (χ0) is 24.6. The number of aromatic nitrogens is 1. The number of para-hydroxylation sites is 1. The van der Waals surface area contributed by atoms with Crippen LogP contribution in [0.15, 0.2) is 42.6 Å². The molecular formula is C23H20Cl2F2N4O3. The average Bonchev–Trinajstić information content (AvgIpc) is 3.36. The van der Waals surface area contributed by atoms with E-state index in [9.17, 15) is 23.2 Å². The molecule has 34 heavy (non-hydrogen) atoms. The first-order chi connectivity index (χ1) is 16.2. The Bertz CT molecular complexity index is 1300. The van der Waals surface area contributed by atoms with E-state index >= 15 is 0 Å². The minimum absolute atomic E-state index is 0.0822. The minimum Gasteiger partial charge on any atom is -0.366 e. The lowest BCUT2D eigenvalue weighted by molar-refractivity contribution is -0.139. The van der Waals surface area contributed by atoms with Crippen molar-refractivity contribution in [2.24, 2.45) is 5.73 Å². The van der Waals surface area contributed by atoms with Crippen LogP contribution >= 0.6 is 23.2 Å². The first kappa shape index (κ1) is 24.0. The van der Waals surface area contributed by atoms with Gasteiger partial charge in [-0.3, -0.25) is 14.4 Å². The lowest BCUT2D eigenvalue weighted by atomic mass is 10.1. The molecule has 2 heterocycles. The number of alkyl halides is 1. The van der Waals surface area contributed by atoms with Gasteiger partial charge < -0.3 is 20.5 Å². The van der Waals surface area contributed by atoms with Crippen molar-refractivity contribution in [3.05, 3.63) is 69.6 Å². The van der Waals surface area contributed by atoms with E-state index in [0.29, 0.717) is 15.9 Å². The van der Waals surface area contributed by atoms with Crippen molar-refractivity contribution in [1.29, 1.82) is 0 Å². The molecule has 3 N–H and O–H groups in total. The van der Waals surface area contributed by atoms with Crippen LogP contribution in [0.1, 0.15) is 22.3 Å². The van der Waals surface area contributed by atoms with Crippen molar-refractivity contribution in [3.8, 4) is 0 Å². The van der Waals surface area contributed by atoms with Gasteiger partial charge in [-0.2, -0.15) is 0 Å². The molecule has 0 spiro atoms. The molecule has 1 fully saturated rings. The van der Waals surface area contributed by atoms with E-state index in [4.69, 9.17) is 28.9 Å². The molecule has 1 aliphatic heterocycles. The Morgan fingerprint density at radius 2 is 1.82 bits per heavy atom. The number of hydrogen-bond donors (Lipinski definition) is 2. The highest BCUT2D eigenvalue weighted by Crippen LogP contribution is 2.29. The fourth-order valence-electron chi connectivity index (χ4n) is 4.17. The van der Waals surface area contributed by atoms with Gasteiger partial charge in [0.2, 0.25) is 11.8 Å². The SMILES string of the molecule is NC(=O)c1cn(CC(=O)N2C[C@H](F)C[C@H]2C(=O)NCc2cccc(Cl)c2F)c2c(Cl)cccc12. The van der Waals surface area contributed by atoms with Gasteiger partial charge in [0.1, 0.15) is 24.6 Å². The quantitative estimate of drug-likeness (QED) is 0.533. The van der Waals surface area contributed by atoms with Crippen LogP contribution in [0.4, 0.5) is 8.78 Å². The summed E-state index contributed by atoms with van der Waals surface area (Å²) in [7, 11) is 0. The molecule has 178 valence electrons. The topological polar surface area (TPSA) is 97.4 Å². The smallest absolute Gasteiger partial charge is 0.250 e. The maximum absolute atomic E-state index is 14.3. The lowest BCUT2D eigenvalue weighted by Gasteiger charge is -2.24. The van der Waals surface area contributed by atoms with Crippen molar-refractivity contribution in [2.45, 2.75) is 31.7 Å². The van der Waals surface area contributed by atoms with E-state index in [2.05, 4.69) is 5.32 Å². The van der Waals surface area contributed by atoms with E-state index in [0.717, 1.165) is 4.90 Å². The molecular weight excluding hydrogens is 489 g/mol. The zero-order valence-electron chi connectivity index (χ0n) is 17.7. The van der Waals surface area contributed by atoms with Gasteiger partial charge >= 0.3 is 0 Å². The molecule has 0 bridgehead atoms. The molecule has 2 atom stereocenters. The molecule has 0 saturated carbocycles. The highest BCUT2D eigenvalue weighted by atomic mass is 35.5. The van der Waals surface area contributed by atoms with Gasteiger partial charge in [-0.05, 0) is 12.1 Å². The monoisotopic (exact) mass is 508 g/mol. The summed E-state index contributed by atoms with van der Waals surface area (Å²) in [4.78, 5) is 38.8. The molecule has 1 aromatic heterocycles. The Hall–Kier alpha value is -3.17. The summed E-state index contributed by atoms with van der Waals surface area (Å²) < 4.78 is 29.8. The number of carbonyl (C=O) groups is 3. The number of primary amides is 1. The number of rotatable bonds is 6. The largest absolute Gasteiger partial charge is 0.366 e. The minimum atomic E-state index is -1.39. The van der Waals surface area contributed by atoms with Crippen LogP contribution in [-0.2, 0) is 22.7 Å². The number of carbonyl (C=O) groups excluding carboxylic acids is 3. The normalized spacial score (nSPS) is 17.8. The number of likely N-dealkylation sites (tertiary alicyclic amines) is 1. The number of nitrogens with zero attached hydrogens (tertiary/aromatic N) is 2. The van der Waals surface area contributed by atoms with Crippen molar-refractivity contribution in [2.75, 3.05) is 6.54 Å². The van der Waals surface area contributed by atoms with Gasteiger partial charge in [0.05, 0.1) is 27.7 Å². The van der Waals surface area contributed by atoms with Crippen molar-refractivity contribution < 1.29 is 23.2 Å². The van der Waals surface area contributed by atoms with Crippen LogP contribution < -0.4 is 11.1 Å². The van der Waals surface area contributed by atoms with Gasteiger partial charge in [0.25, 0.3) is 5.91 Å². The summed E-state index contributed by atoms with van der Waals surface area (Å²) in [6, 6.07) is 8.23. The molecule has 4 rings (SSSR count). The van der Waals surface area contributed by atoms with E-state index in [1.807, 2.05) is 0 Å². The third kappa shape index (κ3) is 4.58. The predicted molar refractivity (Wildman–Crippen MR) is 124 cm³/mol. The number of halogens is 4. The Labute approximate surface area is 203 Å². The zero-order valence-corrected chi connectivity index (χ0v) is 19.2. The van der Waals surface area contributed by atoms with E-state index < -0.39 is 35.8 Å². The second-order valence-corrected chi connectivity index (χ2v) is 8.81.